The van der Waals surface area contributed by atoms with Crippen molar-refractivity contribution in [1.29, 1.82) is 0 Å². The van der Waals surface area contributed by atoms with Crippen LogP contribution in [0.3, 0.4) is 0 Å². The molecular weight excluding hydrogens is 228 g/mol. The van der Waals surface area contributed by atoms with E-state index < -0.39 is 0 Å². The van der Waals surface area contributed by atoms with Crippen molar-refractivity contribution in [2.24, 2.45) is 5.41 Å². The Bertz CT molecular complexity index is 367. The molecule has 18 heavy (non-hydrogen) atoms. The van der Waals surface area contributed by atoms with Gasteiger partial charge in [0, 0.05) is 19.1 Å². The summed E-state index contributed by atoms with van der Waals surface area (Å²) in [7, 11) is 1.99. The Morgan fingerprint density at radius 1 is 1.22 bits per heavy atom. The molecule has 0 fully saturated rings. The minimum absolute atomic E-state index is 0.166. The zero-order valence-corrected chi connectivity index (χ0v) is 12.6. The van der Waals surface area contributed by atoms with Crippen molar-refractivity contribution in [3.63, 3.8) is 0 Å². The van der Waals surface area contributed by atoms with E-state index in [0.717, 1.165) is 0 Å². The van der Waals surface area contributed by atoms with Crippen LogP contribution in [0.2, 0.25) is 0 Å². The third-order valence-corrected chi connectivity index (χ3v) is 3.25. The lowest BCUT2D eigenvalue weighted by molar-refractivity contribution is 0.315. The Labute approximate surface area is 110 Å². The number of nitrogens with zero attached hydrogens (tertiary/aromatic N) is 3. The van der Waals surface area contributed by atoms with Gasteiger partial charge in [0.15, 0.2) is 0 Å². The average Bonchev–Trinajstić information content (AvgIpc) is 2.71. The normalized spacial score (nSPS) is 14.0. The van der Waals surface area contributed by atoms with Gasteiger partial charge in [-0.1, -0.05) is 39.7 Å². The van der Waals surface area contributed by atoms with Crippen LogP contribution < -0.4 is 10.2 Å². The maximum atomic E-state index is 5.65. The van der Waals surface area contributed by atoms with Crippen molar-refractivity contribution >= 4 is 6.01 Å². The van der Waals surface area contributed by atoms with Gasteiger partial charge in [0.2, 0.25) is 5.89 Å². The topological polar surface area (TPSA) is 54.2 Å². The summed E-state index contributed by atoms with van der Waals surface area (Å²) in [5.74, 6) is 0.631. The van der Waals surface area contributed by atoms with Gasteiger partial charge < -0.3 is 14.6 Å². The van der Waals surface area contributed by atoms with E-state index in [0.29, 0.717) is 30.5 Å². The summed E-state index contributed by atoms with van der Waals surface area (Å²) in [5.41, 5.74) is 0.166. The molecule has 0 spiro atoms. The number of rotatable bonds is 5. The van der Waals surface area contributed by atoms with Crippen molar-refractivity contribution in [2.75, 3.05) is 11.9 Å². The lowest BCUT2D eigenvalue weighted by Crippen LogP contribution is -2.39. The molecule has 5 nitrogen and oxygen atoms in total. The van der Waals surface area contributed by atoms with Crippen molar-refractivity contribution < 1.29 is 4.42 Å². The highest BCUT2D eigenvalue weighted by molar-refractivity contribution is 5.25. The molecule has 0 bridgehead atoms. The van der Waals surface area contributed by atoms with Crippen LogP contribution >= 0.6 is 0 Å². The largest absolute Gasteiger partial charge is 0.407 e. The van der Waals surface area contributed by atoms with Crippen LogP contribution in [0.5, 0.6) is 0 Å². The van der Waals surface area contributed by atoms with Gasteiger partial charge >= 0.3 is 6.01 Å². The molecule has 1 unspecified atom stereocenters. The van der Waals surface area contributed by atoms with E-state index in [1.807, 2.05) is 11.9 Å². The molecular formula is C13H26N4O. The molecule has 0 saturated heterocycles. The van der Waals surface area contributed by atoms with Crippen LogP contribution in [0, 0.1) is 5.41 Å². The summed E-state index contributed by atoms with van der Waals surface area (Å²) in [6.07, 6.45) is 0. The van der Waals surface area contributed by atoms with Gasteiger partial charge in [0.1, 0.15) is 0 Å². The molecule has 0 aliphatic rings. The predicted octanol–water partition coefficient (Wildman–Crippen LogP) is 2.44. The lowest BCUT2D eigenvalue weighted by Gasteiger charge is -2.34. The van der Waals surface area contributed by atoms with Crippen LogP contribution in [0.25, 0.3) is 0 Å². The molecule has 5 heteroatoms. The molecule has 0 radical (unpaired) electrons. The van der Waals surface area contributed by atoms with E-state index in [1.165, 1.54) is 0 Å². The van der Waals surface area contributed by atoms with E-state index in [9.17, 15) is 0 Å². The second-order valence-electron chi connectivity index (χ2n) is 6.17. The average molecular weight is 254 g/mol. The van der Waals surface area contributed by atoms with E-state index in [2.05, 4.69) is 57.1 Å². The van der Waals surface area contributed by atoms with Crippen LogP contribution in [0.15, 0.2) is 4.42 Å². The lowest BCUT2D eigenvalue weighted by atomic mass is 9.87. The summed E-state index contributed by atoms with van der Waals surface area (Å²) >= 11 is 0. The number of aromatic nitrogens is 2. The first-order chi connectivity index (χ1) is 8.21. The molecule has 0 aromatic carbocycles. The van der Waals surface area contributed by atoms with Gasteiger partial charge in [-0.25, -0.2) is 0 Å². The fourth-order valence-corrected chi connectivity index (χ4v) is 1.50. The predicted molar refractivity (Wildman–Crippen MR) is 73.6 cm³/mol. The van der Waals surface area contributed by atoms with E-state index in [4.69, 9.17) is 4.42 Å². The standard InChI is InChI=1S/C13H26N4O/c1-9(2)14-8-11-15-16-12(18-11)17(7)10(3)13(4,5)6/h9-10,14H,8H2,1-7H3. The van der Waals surface area contributed by atoms with Gasteiger partial charge in [-0.05, 0) is 12.3 Å². The zero-order valence-electron chi connectivity index (χ0n) is 12.6. The number of hydrogen-bond acceptors (Lipinski definition) is 5. The highest BCUT2D eigenvalue weighted by atomic mass is 16.4. The van der Waals surface area contributed by atoms with Crippen molar-refractivity contribution in [1.82, 2.24) is 15.5 Å². The second kappa shape index (κ2) is 5.69. The maximum absolute atomic E-state index is 5.65. The third kappa shape index (κ3) is 3.98. The SMILES string of the molecule is CC(C)NCc1nnc(N(C)C(C)C(C)(C)C)o1. The Morgan fingerprint density at radius 2 is 1.83 bits per heavy atom. The van der Waals surface area contributed by atoms with E-state index >= 15 is 0 Å². The smallest absolute Gasteiger partial charge is 0.318 e. The van der Waals surface area contributed by atoms with Crippen LogP contribution in [-0.4, -0.2) is 29.3 Å². The van der Waals surface area contributed by atoms with Gasteiger partial charge in [-0.2, -0.15) is 0 Å². The van der Waals surface area contributed by atoms with Crippen molar-refractivity contribution in [3.8, 4) is 0 Å². The van der Waals surface area contributed by atoms with Crippen molar-refractivity contribution in [3.05, 3.63) is 5.89 Å². The summed E-state index contributed by atoms with van der Waals surface area (Å²) in [6.45, 7) is 13.6. The maximum Gasteiger partial charge on any atom is 0.318 e. The summed E-state index contributed by atoms with van der Waals surface area (Å²) in [4.78, 5) is 2.03. The van der Waals surface area contributed by atoms with E-state index in [-0.39, 0.29) is 5.41 Å². The summed E-state index contributed by atoms with van der Waals surface area (Å²) in [5, 5.41) is 11.4. The molecule has 1 aromatic heterocycles. The molecule has 1 aromatic rings. The van der Waals surface area contributed by atoms with Gasteiger partial charge in [0.25, 0.3) is 0 Å². The van der Waals surface area contributed by atoms with Crippen molar-refractivity contribution in [2.45, 2.75) is 60.2 Å². The number of anilines is 1. The first-order valence-electron chi connectivity index (χ1n) is 6.50. The molecule has 0 aliphatic heterocycles. The highest BCUT2D eigenvalue weighted by Gasteiger charge is 2.26. The molecule has 104 valence electrons. The molecule has 0 saturated carbocycles. The third-order valence-electron chi connectivity index (χ3n) is 3.25. The molecule has 1 rings (SSSR count). The monoisotopic (exact) mass is 254 g/mol. The Morgan fingerprint density at radius 3 is 2.33 bits per heavy atom. The second-order valence-corrected chi connectivity index (χ2v) is 6.17. The number of nitrogens with one attached hydrogen (secondary N) is 1. The van der Waals surface area contributed by atoms with Gasteiger partial charge in [-0.15, -0.1) is 5.10 Å². The van der Waals surface area contributed by atoms with Crippen LogP contribution in [0.4, 0.5) is 6.01 Å². The molecule has 1 N–H and O–H groups in total. The van der Waals surface area contributed by atoms with Crippen LogP contribution in [-0.2, 0) is 6.54 Å². The van der Waals surface area contributed by atoms with Crippen LogP contribution in [0.1, 0.15) is 47.4 Å². The minimum Gasteiger partial charge on any atom is -0.407 e. The number of hydrogen-bond donors (Lipinski definition) is 1. The quantitative estimate of drug-likeness (QED) is 0.874. The Balaban J connectivity index is 2.67. The van der Waals surface area contributed by atoms with Gasteiger partial charge in [0.05, 0.1) is 6.54 Å². The fraction of sp³-hybridized carbons (Fsp3) is 0.846. The first kappa shape index (κ1) is 15.0. The van der Waals surface area contributed by atoms with Gasteiger partial charge in [-0.3, -0.25) is 0 Å². The molecule has 1 atom stereocenters. The Hall–Kier alpha value is -1.10. The fourth-order valence-electron chi connectivity index (χ4n) is 1.50. The highest BCUT2D eigenvalue weighted by Crippen LogP contribution is 2.26. The zero-order chi connectivity index (χ0) is 13.9. The Kier molecular flexibility index (Phi) is 4.73. The molecule has 0 aliphatic carbocycles. The first-order valence-corrected chi connectivity index (χ1v) is 6.50. The molecule has 1 heterocycles. The molecule has 0 amide bonds. The minimum atomic E-state index is 0.166. The van der Waals surface area contributed by atoms with E-state index in [1.54, 1.807) is 0 Å². The summed E-state index contributed by atoms with van der Waals surface area (Å²) < 4.78 is 5.65. The summed E-state index contributed by atoms with van der Waals surface area (Å²) in [6, 6.07) is 1.31.